The molecule has 0 aromatic rings. The fourth-order valence-corrected chi connectivity index (χ4v) is 0.662. The van der Waals surface area contributed by atoms with Crippen LogP contribution in [-0.2, 0) is 9.63 Å². The van der Waals surface area contributed by atoms with E-state index in [1.165, 1.54) is 12.2 Å². The molecule has 0 aliphatic carbocycles. The standard InChI is InChI=1S/C8H17NO2/c1-6(2)7(3)8(10)9(4)11-5/h6-7H,1-5H3. The van der Waals surface area contributed by atoms with E-state index in [1.807, 2.05) is 20.8 Å². The van der Waals surface area contributed by atoms with Crippen LogP contribution in [0.3, 0.4) is 0 Å². The smallest absolute Gasteiger partial charge is 0.248 e. The second-order valence-corrected chi connectivity index (χ2v) is 3.05. The first-order valence-electron chi connectivity index (χ1n) is 3.82. The molecule has 0 bridgehead atoms. The van der Waals surface area contributed by atoms with Crippen molar-refractivity contribution in [1.82, 2.24) is 5.06 Å². The molecule has 0 fully saturated rings. The molecule has 1 unspecified atom stereocenters. The Hall–Kier alpha value is -0.570. The summed E-state index contributed by atoms with van der Waals surface area (Å²) in [5.41, 5.74) is 0. The Labute approximate surface area is 68.3 Å². The summed E-state index contributed by atoms with van der Waals surface area (Å²) in [6.45, 7) is 5.95. The predicted octanol–water partition coefficient (Wildman–Crippen LogP) is 1.30. The molecule has 0 spiro atoms. The van der Waals surface area contributed by atoms with Crippen molar-refractivity contribution in [2.75, 3.05) is 14.2 Å². The molecule has 0 heterocycles. The van der Waals surface area contributed by atoms with Crippen LogP contribution in [0, 0.1) is 11.8 Å². The maximum atomic E-state index is 11.3. The molecule has 3 heteroatoms. The highest BCUT2D eigenvalue weighted by Gasteiger charge is 2.19. The van der Waals surface area contributed by atoms with Gasteiger partial charge in [0.05, 0.1) is 7.11 Å². The summed E-state index contributed by atoms with van der Waals surface area (Å²) >= 11 is 0. The zero-order valence-corrected chi connectivity index (χ0v) is 7.92. The summed E-state index contributed by atoms with van der Waals surface area (Å²) in [7, 11) is 3.12. The van der Waals surface area contributed by atoms with Gasteiger partial charge in [0.2, 0.25) is 5.91 Å². The molecule has 3 nitrogen and oxygen atoms in total. The average Bonchev–Trinajstić information content (AvgIpc) is 2.00. The average molecular weight is 159 g/mol. The van der Waals surface area contributed by atoms with Crippen LogP contribution < -0.4 is 0 Å². The van der Waals surface area contributed by atoms with Crippen LogP contribution in [0.25, 0.3) is 0 Å². The van der Waals surface area contributed by atoms with Crippen LogP contribution in [0.4, 0.5) is 0 Å². The normalized spacial score (nSPS) is 13.3. The molecular formula is C8H17NO2. The van der Waals surface area contributed by atoms with E-state index >= 15 is 0 Å². The van der Waals surface area contributed by atoms with Gasteiger partial charge in [0.25, 0.3) is 0 Å². The van der Waals surface area contributed by atoms with Gasteiger partial charge in [-0.1, -0.05) is 20.8 Å². The zero-order chi connectivity index (χ0) is 9.02. The molecule has 66 valence electrons. The zero-order valence-electron chi connectivity index (χ0n) is 7.92. The topological polar surface area (TPSA) is 29.5 Å². The van der Waals surface area contributed by atoms with Crippen LogP contribution in [-0.4, -0.2) is 25.1 Å². The van der Waals surface area contributed by atoms with E-state index in [1.54, 1.807) is 7.05 Å². The van der Waals surface area contributed by atoms with E-state index < -0.39 is 0 Å². The molecular weight excluding hydrogens is 142 g/mol. The van der Waals surface area contributed by atoms with E-state index in [0.717, 1.165) is 0 Å². The lowest BCUT2D eigenvalue weighted by atomic mass is 9.97. The Bertz CT molecular complexity index is 134. The van der Waals surface area contributed by atoms with Gasteiger partial charge in [-0.25, -0.2) is 5.06 Å². The molecule has 11 heavy (non-hydrogen) atoms. The number of amides is 1. The second-order valence-electron chi connectivity index (χ2n) is 3.05. The second kappa shape index (κ2) is 4.34. The number of rotatable bonds is 3. The minimum atomic E-state index is 0.0277. The number of hydrogen-bond donors (Lipinski definition) is 0. The molecule has 1 atom stereocenters. The SMILES string of the molecule is CON(C)C(=O)C(C)C(C)C. The van der Waals surface area contributed by atoms with E-state index in [0.29, 0.717) is 5.92 Å². The fourth-order valence-electron chi connectivity index (χ4n) is 0.662. The third-order valence-corrected chi connectivity index (χ3v) is 1.97. The van der Waals surface area contributed by atoms with Gasteiger partial charge < -0.3 is 0 Å². The highest BCUT2D eigenvalue weighted by Crippen LogP contribution is 2.11. The largest absolute Gasteiger partial charge is 0.275 e. The van der Waals surface area contributed by atoms with Crippen molar-refractivity contribution in [3.63, 3.8) is 0 Å². The Morgan fingerprint density at radius 2 is 1.82 bits per heavy atom. The predicted molar refractivity (Wildman–Crippen MR) is 43.8 cm³/mol. The first kappa shape index (κ1) is 10.4. The van der Waals surface area contributed by atoms with Gasteiger partial charge in [0.15, 0.2) is 0 Å². The van der Waals surface area contributed by atoms with Crippen LogP contribution >= 0.6 is 0 Å². The van der Waals surface area contributed by atoms with Crippen molar-refractivity contribution < 1.29 is 9.63 Å². The molecule has 0 aromatic carbocycles. The summed E-state index contributed by atoms with van der Waals surface area (Å²) in [6.07, 6.45) is 0. The Morgan fingerprint density at radius 1 is 1.36 bits per heavy atom. The maximum absolute atomic E-state index is 11.3. The number of carbonyl (C=O) groups is 1. The van der Waals surface area contributed by atoms with E-state index in [4.69, 9.17) is 4.84 Å². The maximum Gasteiger partial charge on any atom is 0.248 e. The molecule has 0 radical (unpaired) electrons. The Balaban J connectivity index is 4.02. The molecule has 1 amide bonds. The van der Waals surface area contributed by atoms with E-state index in [-0.39, 0.29) is 11.8 Å². The summed E-state index contributed by atoms with van der Waals surface area (Å²) in [5.74, 6) is 0.419. The van der Waals surface area contributed by atoms with Crippen molar-refractivity contribution in [2.45, 2.75) is 20.8 Å². The van der Waals surface area contributed by atoms with Crippen LogP contribution in [0.2, 0.25) is 0 Å². The quantitative estimate of drug-likeness (QED) is 0.581. The van der Waals surface area contributed by atoms with Gasteiger partial charge in [-0.2, -0.15) is 0 Å². The Morgan fingerprint density at radius 3 is 2.09 bits per heavy atom. The molecule has 0 saturated carbocycles. The van der Waals surface area contributed by atoms with Crippen LogP contribution in [0.15, 0.2) is 0 Å². The van der Waals surface area contributed by atoms with Crippen molar-refractivity contribution in [3.05, 3.63) is 0 Å². The molecule has 0 aliphatic rings. The monoisotopic (exact) mass is 159 g/mol. The van der Waals surface area contributed by atoms with Crippen molar-refractivity contribution >= 4 is 5.91 Å². The fraction of sp³-hybridized carbons (Fsp3) is 0.875. The van der Waals surface area contributed by atoms with Crippen LogP contribution in [0.5, 0.6) is 0 Å². The lowest BCUT2D eigenvalue weighted by Crippen LogP contribution is -2.32. The number of hydrogen-bond acceptors (Lipinski definition) is 2. The summed E-state index contributed by atoms with van der Waals surface area (Å²) in [6, 6.07) is 0. The number of carbonyl (C=O) groups excluding carboxylic acids is 1. The summed E-state index contributed by atoms with van der Waals surface area (Å²) in [5, 5.41) is 1.27. The van der Waals surface area contributed by atoms with Crippen molar-refractivity contribution in [2.24, 2.45) is 11.8 Å². The lowest BCUT2D eigenvalue weighted by Gasteiger charge is -2.20. The molecule has 0 aliphatic heterocycles. The highest BCUT2D eigenvalue weighted by molar-refractivity contribution is 5.77. The molecule has 0 rings (SSSR count). The summed E-state index contributed by atoms with van der Waals surface area (Å²) in [4.78, 5) is 16.1. The highest BCUT2D eigenvalue weighted by atomic mass is 16.7. The van der Waals surface area contributed by atoms with Crippen molar-refractivity contribution in [1.29, 1.82) is 0 Å². The molecule has 0 aromatic heterocycles. The van der Waals surface area contributed by atoms with Crippen molar-refractivity contribution in [3.8, 4) is 0 Å². The first-order valence-corrected chi connectivity index (χ1v) is 3.82. The third-order valence-electron chi connectivity index (χ3n) is 1.97. The van der Waals surface area contributed by atoms with Gasteiger partial charge >= 0.3 is 0 Å². The van der Waals surface area contributed by atoms with Gasteiger partial charge in [-0.3, -0.25) is 9.63 Å². The number of hydroxylamine groups is 2. The third kappa shape index (κ3) is 2.89. The van der Waals surface area contributed by atoms with E-state index in [9.17, 15) is 4.79 Å². The van der Waals surface area contributed by atoms with E-state index in [2.05, 4.69) is 0 Å². The molecule has 0 saturated heterocycles. The van der Waals surface area contributed by atoms with Crippen LogP contribution in [0.1, 0.15) is 20.8 Å². The Kier molecular flexibility index (Phi) is 4.11. The number of nitrogens with zero attached hydrogens (tertiary/aromatic N) is 1. The minimum absolute atomic E-state index is 0.0277. The lowest BCUT2D eigenvalue weighted by molar-refractivity contribution is -0.174. The van der Waals surface area contributed by atoms with Gasteiger partial charge in [-0.05, 0) is 5.92 Å². The molecule has 0 N–H and O–H groups in total. The first-order chi connectivity index (χ1) is 5.00. The van der Waals surface area contributed by atoms with Gasteiger partial charge in [-0.15, -0.1) is 0 Å². The minimum Gasteiger partial charge on any atom is -0.275 e. The summed E-state index contributed by atoms with van der Waals surface area (Å²) < 4.78 is 0. The van der Waals surface area contributed by atoms with Gasteiger partial charge in [0.1, 0.15) is 0 Å². The van der Waals surface area contributed by atoms with Gasteiger partial charge in [0, 0.05) is 13.0 Å².